The van der Waals surface area contributed by atoms with E-state index in [0.29, 0.717) is 0 Å². The van der Waals surface area contributed by atoms with Crippen molar-refractivity contribution in [3.05, 3.63) is 0 Å². The molecule has 0 aliphatic carbocycles. The fourth-order valence-electron chi connectivity index (χ4n) is 1.79. The van der Waals surface area contributed by atoms with Crippen LogP contribution in [0, 0.1) is 5.92 Å². The van der Waals surface area contributed by atoms with Crippen LogP contribution in [0.1, 0.15) is 12.8 Å². The fourth-order valence-corrected chi connectivity index (χ4v) is 2.55. The summed E-state index contributed by atoms with van der Waals surface area (Å²) < 4.78 is 0. The molecule has 1 fully saturated rings. The molecule has 2 rings (SSSR count). The van der Waals surface area contributed by atoms with Gasteiger partial charge in [0, 0.05) is 12.3 Å². The lowest BCUT2D eigenvalue weighted by molar-refractivity contribution is 0.529. The molecule has 3 nitrogen and oxygen atoms in total. The number of hydrogen-bond donors (Lipinski definition) is 2. The van der Waals surface area contributed by atoms with Crippen LogP contribution < -0.4 is 10.6 Å². The normalized spacial score (nSPS) is 27.7. The molecule has 13 heavy (non-hydrogen) atoms. The Morgan fingerprint density at radius 3 is 3.31 bits per heavy atom. The van der Waals surface area contributed by atoms with Crippen LogP contribution in [0.4, 0.5) is 0 Å². The average molecular weight is 199 g/mol. The molecular weight excluding hydrogens is 182 g/mol. The van der Waals surface area contributed by atoms with Gasteiger partial charge < -0.3 is 10.6 Å². The van der Waals surface area contributed by atoms with Gasteiger partial charge in [-0.05, 0) is 31.8 Å². The Bertz CT molecular complexity index is 187. The molecule has 0 spiro atoms. The van der Waals surface area contributed by atoms with Crippen LogP contribution in [0.3, 0.4) is 0 Å². The summed E-state index contributed by atoms with van der Waals surface area (Å²) in [5, 5.41) is 7.94. The molecule has 0 radical (unpaired) electrons. The lowest BCUT2D eigenvalue weighted by atomic mass is 10.1. The number of rotatable bonds is 3. The monoisotopic (exact) mass is 199 g/mol. The summed E-state index contributed by atoms with van der Waals surface area (Å²) in [5.74, 6) is 2.05. The summed E-state index contributed by atoms with van der Waals surface area (Å²) in [6.45, 7) is 4.51. The predicted octanol–water partition coefficient (Wildman–Crippen LogP) is 0.678. The molecule has 0 amide bonds. The van der Waals surface area contributed by atoms with Crippen LogP contribution in [0.25, 0.3) is 0 Å². The van der Waals surface area contributed by atoms with Gasteiger partial charge in [0.15, 0.2) is 5.17 Å². The van der Waals surface area contributed by atoms with Gasteiger partial charge in [-0.25, -0.2) is 0 Å². The van der Waals surface area contributed by atoms with E-state index in [1.165, 1.54) is 25.9 Å². The molecule has 1 atom stereocenters. The van der Waals surface area contributed by atoms with Crippen LogP contribution in [-0.4, -0.2) is 37.1 Å². The Morgan fingerprint density at radius 1 is 1.62 bits per heavy atom. The summed E-state index contributed by atoms with van der Waals surface area (Å²) in [5.41, 5.74) is 0. The van der Waals surface area contributed by atoms with Crippen LogP contribution in [0.5, 0.6) is 0 Å². The summed E-state index contributed by atoms with van der Waals surface area (Å²) in [6, 6.07) is 0. The zero-order valence-electron chi connectivity index (χ0n) is 7.88. The molecule has 74 valence electrons. The minimum atomic E-state index is 0.888. The standard InChI is InChI=1S/C9H17N3S/c1-3-10-7-8(1)2-4-11-9-12-5-6-13-9/h8,10H,1-7H2,(H,11,12). The molecular formula is C9H17N3S. The van der Waals surface area contributed by atoms with Crippen LogP contribution in [0.15, 0.2) is 4.99 Å². The zero-order chi connectivity index (χ0) is 8.93. The summed E-state index contributed by atoms with van der Waals surface area (Å²) >= 11 is 1.85. The van der Waals surface area contributed by atoms with Crippen molar-refractivity contribution in [3.63, 3.8) is 0 Å². The van der Waals surface area contributed by atoms with Crippen molar-refractivity contribution >= 4 is 16.9 Å². The Hall–Kier alpha value is -0.220. The number of thioether (sulfide) groups is 1. The minimum absolute atomic E-state index is 0.888. The first-order valence-electron chi connectivity index (χ1n) is 5.07. The van der Waals surface area contributed by atoms with Gasteiger partial charge in [0.1, 0.15) is 0 Å². The number of nitrogens with one attached hydrogen (secondary N) is 2. The largest absolute Gasteiger partial charge is 0.365 e. The highest BCUT2D eigenvalue weighted by atomic mass is 32.2. The Labute approximate surface area is 83.8 Å². The topological polar surface area (TPSA) is 36.4 Å². The van der Waals surface area contributed by atoms with E-state index in [2.05, 4.69) is 15.6 Å². The molecule has 1 unspecified atom stereocenters. The van der Waals surface area contributed by atoms with Crippen molar-refractivity contribution in [2.45, 2.75) is 12.8 Å². The van der Waals surface area contributed by atoms with Gasteiger partial charge in [-0.15, -0.1) is 0 Å². The molecule has 1 saturated heterocycles. The highest BCUT2D eigenvalue weighted by Crippen LogP contribution is 2.12. The van der Waals surface area contributed by atoms with Crippen molar-refractivity contribution in [1.82, 2.24) is 10.6 Å². The van der Waals surface area contributed by atoms with E-state index in [4.69, 9.17) is 0 Å². The SMILES string of the molecule is C1CSC(NCCC2CCNC2)=N1. The summed E-state index contributed by atoms with van der Waals surface area (Å²) in [7, 11) is 0. The third-order valence-electron chi connectivity index (χ3n) is 2.58. The molecule has 0 aromatic carbocycles. The molecule has 2 aliphatic rings. The Balaban J connectivity index is 1.57. The number of hydrogen-bond acceptors (Lipinski definition) is 4. The van der Waals surface area contributed by atoms with Crippen LogP contribution >= 0.6 is 11.8 Å². The second-order valence-electron chi connectivity index (χ2n) is 3.61. The molecule has 2 N–H and O–H groups in total. The maximum absolute atomic E-state index is 4.35. The van der Waals surface area contributed by atoms with Gasteiger partial charge in [-0.2, -0.15) is 0 Å². The molecule has 0 saturated carbocycles. The molecule has 2 aliphatic heterocycles. The number of nitrogens with zero attached hydrogens (tertiary/aromatic N) is 1. The van der Waals surface area contributed by atoms with Gasteiger partial charge >= 0.3 is 0 Å². The van der Waals surface area contributed by atoms with Crippen molar-refractivity contribution in [1.29, 1.82) is 0 Å². The quantitative estimate of drug-likeness (QED) is 0.702. The van der Waals surface area contributed by atoms with Crippen molar-refractivity contribution in [2.24, 2.45) is 10.9 Å². The van der Waals surface area contributed by atoms with Gasteiger partial charge in [-0.1, -0.05) is 11.8 Å². The molecule has 2 heterocycles. The zero-order valence-corrected chi connectivity index (χ0v) is 8.70. The van der Waals surface area contributed by atoms with Gasteiger partial charge in [0.2, 0.25) is 0 Å². The lowest BCUT2D eigenvalue weighted by Gasteiger charge is -2.09. The smallest absolute Gasteiger partial charge is 0.156 e. The highest BCUT2D eigenvalue weighted by Gasteiger charge is 2.14. The molecule has 4 heteroatoms. The van der Waals surface area contributed by atoms with Crippen molar-refractivity contribution < 1.29 is 0 Å². The second kappa shape index (κ2) is 4.86. The average Bonchev–Trinajstić information content (AvgIpc) is 2.75. The minimum Gasteiger partial charge on any atom is -0.365 e. The van der Waals surface area contributed by atoms with E-state index in [-0.39, 0.29) is 0 Å². The molecule has 0 bridgehead atoms. The summed E-state index contributed by atoms with van der Waals surface area (Å²) in [6.07, 6.45) is 2.63. The van der Waals surface area contributed by atoms with E-state index in [0.717, 1.165) is 29.9 Å². The van der Waals surface area contributed by atoms with E-state index in [1.54, 1.807) is 0 Å². The maximum Gasteiger partial charge on any atom is 0.156 e. The third kappa shape index (κ3) is 2.88. The van der Waals surface area contributed by atoms with Crippen molar-refractivity contribution in [2.75, 3.05) is 31.9 Å². The first-order valence-corrected chi connectivity index (χ1v) is 6.05. The molecule has 0 aromatic heterocycles. The molecule has 0 aromatic rings. The number of aliphatic imine (C=N–C) groups is 1. The Kier molecular flexibility index (Phi) is 3.49. The Morgan fingerprint density at radius 2 is 2.62 bits per heavy atom. The van der Waals surface area contributed by atoms with E-state index < -0.39 is 0 Å². The maximum atomic E-state index is 4.35. The fraction of sp³-hybridized carbons (Fsp3) is 0.889. The first kappa shape index (κ1) is 9.34. The van der Waals surface area contributed by atoms with Crippen LogP contribution in [0.2, 0.25) is 0 Å². The second-order valence-corrected chi connectivity index (χ2v) is 4.69. The number of amidine groups is 1. The van der Waals surface area contributed by atoms with E-state index in [9.17, 15) is 0 Å². The van der Waals surface area contributed by atoms with Gasteiger partial charge in [0.25, 0.3) is 0 Å². The van der Waals surface area contributed by atoms with E-state index in [1.807, 2.05) is 11.8 Å². The van der Waals surface area contributed by atoms with Gasteiger partial charge in [0.05, 0.1) is 6.54 Å². The lowest BCUT2D eigenvalue weighted by Crippen LogP contribution is -2.23. The first-order chi connectivity index (χ1) is 6.45. The van der Waals surface area contributed by atoms with E-state index >= 15 is 0 Å². The predicted molar refractivity (Wildman–Crippen MR) is 58.4 cm³/mol. The van der Waals surface area contributed by atoms with Crippen molar-refractivity contribution in [3.8, 4) is 0 Å². The third-order valence-corrected chi connectivity index (χ3v) is 3.51. The van der Waals surface area contributed by atoms with Crippen LogP contribution in [-0.2, 0) is 0 Å². The van der Waals surface area contributed by atoms with Gasteiger partial charge in [-0.3, -0.25) is 4.99 Å². The highest BCUT2D eigenvalue weighted by molar-refractivity contribution is 8.14. The summed E-state index contributed by atoms with van der Waals surface area (Å²) in [4.78, 5) is 4.35.